The summed E-state index contributed by atoms with van der Waals surface area (Å²) in [5.41, 5.74) is 2.02. The van der Waals surface area contributed by atoms with Gasteiger partial charge in [0, 0.05) is 18.8 Å². The third kappa shape index (κ3) is 2.63. The Morgan fingerprint density at radius 3 is 2.68 bits per heavy atom. The number of benzene rings is 1. The standard InChI is InChI=1S/C16H16N4OS/c1-2-4-12(5-3-1)17-15-14-13(6-11-22-14)18-16(19-15)20-7-9-21-10-8-20/h1-6,11H,7-10H2,(H,17,18,19). The molecule has 1 saturated heterocycles. The van der Waals surface area contributed by atoms with Crippen molar-refractivity contribution in [2.24, 2.45) is 0 Å². The van der Waals surface area contributed by atoms with E-state index in [1.807, 2.05) is 36.4 Å². The van der Waals surface area contributed by atoms with Crippen molar-refractivity contribution in [1.82, 2.24) is 9.97 Å². The fraction of sp³-hybridized carbons (Fsp3) is 0.250. The minimum atomic E-state index is 0.729. The first-order chi connectivity index (χ1) is 10.9. The third-order valence-corrected chi connectivity index (χ3v) is 4.53. The summed E-state index contributed by atoms with van der Waals surface area (Å²) in [4.78, 5) is 11.6. The SMILES string of the molecule is c1ccc(Nc2nc(N3CCOCC3)nc3ccsc23)cc1. The number of hydrogen-bond acceptors (Lipinski definition) is 6. The highest BCUT2D eigenvalue weighted by Crippen LogP contribution is 2.30. The fourth-order valence-corrected chi connectivity index (χ4v) is 3.27. The minimum Gasteiger partial charge on any atom is -0.378 e. The van der Waals surface area contributed by atoms with Crippen LogP contribution in [-0.4, -0.2) is 36.3 Å². The highest BCUT2D eigenvalue weighted by atomic mass is 32.1. The van der Waals surface area contributed by atoms with Crippen LogP contribution in [0.15, 0.2) is 41.8 Å². The Kier molecular flexibility index (Phi) is 3.62. The quantitative estimate of drug-likeness (QED) is 0.804. The molecule has 0 atom stereocenters. The molecule has 5 nitrogen and oxygen atoms in total. The molecule has 3 heterocycles. The monoisotopic (exact) mass is 312 g/mol. The van der Waals surface area contributed by atoms with Gasteiger partial charge in [-0.15, -0.1) is 11.3 Å². The van der Waals surface area contributed by atoms with Crippen LogP contribution >= 0.6 is 11.3 Å². The average Bonchev–Trinajstić information content (AvgIpc) is 3.05. The van der Waals surface area contributed by atoms with Crippen molar-refractivity contribution in [3.8, 4) is 0 Å². The van der Waals surface area contributed by atoms with E-state index >= 15 is 0 Å². The first-order valence-electron chi connectivity index (χ1n) is 7.30. The molecule has 2 aromatic heterocycles. The predicted molar refractivity (Wildman–Crippen MR) is 90.2 cm³/mol. The van der Waals surface area contributed by atoms with Crippen LogP contribution in [0.4, 0.5) is 17.5 Å². The summed E-state index contributed by atoms with van der Waals surface area (Å²) in [7, 11) is 0. The zero-order valence-electron chi connectivity index (χ0n) is 12.0. The Morgan fingerprint density at radius 1 is 1.05 bits per heavy atom. The molecule has 0 aliphatic carbocycles. The van der Waals surface area contributed by atoms with Crippen LogP contribution in [0.5, 0.6) is 0 Å². The summed E-state index contributed by atoms with van der Waals surface area (Å²) >= 11 is 1.66. The minimum absolute atomic E-state index is 0.729. The van der Waals surface area contributed by atoms with E-state index in [2.05, 4.69) is 15.6 Å². The first-order valence-corrected chi connectivity index (χ1v) is 8.18. The number of aromatic nitrogens is 2. The Balaban J connectivity index is 1.73. The summed E-state index contributed by atoms with van der Waals surface area (Å²) in [5.74, 6) is 1.64. The van der Waals surface area contributed by atoms with Gasteiger partial charge >= 0.3 is 0 Å². The van der Waals surface area contributed by atoms with E-state index in [1.54, 1.807) is 11.3 Å². The van der Waals surface area contributed by atoms with Crippen LogP contribution in [0.25, 0.3) is 10.2 Å². The van der Waals surface area contributed by atoms with Gasteiger partial charge in [0.15, 0.2) is 5.82 Å². The molecule has 0 bridgehead atoms. The van der Waals surface area contributed by atoms with Crippen molar-refractivity contribution >= 4 is 39.0 Å². The van der Waals surface area contributed by atoms with Crippen LogP contribution in [0, 0.1) is 0 Å². The molecule has 0 radical (unpaired) electrons. The maximum Gasteiger partial charge on any atom is 0.228 e. The molecule has 0 saturated carbocycles. The second-order valence-corrected chi connectivity index (χ2v) is 6.01. The maximum absolute atomic E-state index is 5.41. The van der Waals surface area contributed by atoms with E-state index in [4.69, 9.17) is 14.7 Å². The van der Waals surface area contributed by atoms with Gasteiger partial charge in [-0.05, 0) is 23.6 Å². The highest BCUT2D eigenvalue weighted by molar-refractivity contribution is 7.17. The number of nitrogens with one attached hydrogen (secondary N) is 1. The second-order valence-electron chi connectivity index (χ2n) is 5.10. The van der Waals surface area contributed by atoms with Gasteiger partial charge in [-0.25, -0.2) is 4.98 Å². The zero-order chi connectivity index (χ0) is 14.8. The molecule has 1 N–H and O–H groups in total. The number of hydrogen-bond donors (Lipinski definition) is 1. The summed E-state index contributed by atoms with van der Waals surface area (Å²) in [6.07, 6.45) is 0. The number of thiophene rings is 1. The zero-order valence-corrected chi connectivity index (χ0v) is 12.8. The van der Waals surface area contributed by atoms with Gasteiger partial charge in [-0.3, -0.25) is 0 Å². The summed E-state index contributed by atoms with van der Waals surface area (Å²) in [5, 5.41) is 5.47. The highest BCUT2D eigenvalue weighted by Gasteiger charge is 2.17. The Hall–Kier alpha value is -2.18. The molecule has 4 rings (SSSR count). The fourth-order valence-electron chi connectivity index (χ4n) is 2.50. The molecule has 112 valence electrons. The molecular formula is C16H16N4OS. The summed E-state index contributed by atoms with van der Waals surface area (Å²) in [6, 6.07) is 12.1. The van der Waals surface area contributed by atoms with Crippen molar-refractivity contribution in [1.29, 1.82) is 0 Å². The second kappa shape index (κ2) is 5.90. The van der Waals surface area contributed by atoms with Crippen LogP contribution < -0.4 is 10.2 Å². The molecular weight excluding hydrogens is 296 g/mol. The molecule has 1 aliphatic heterocycles. The van der Waals surface area contributed by atoms with Crippen molar-refractivity contribution in [3.05, 3.63) is 41.8 Å². The number of para-hydroxylation sites is 1. The predicted octanol–water partition coefficient (Wildman–Crippen LogP) is 3.27. The number of morpholine rings is 1. The van der Waals surface area contributed by atoms with Crippen molar-refractivity contribution in [2.45, 2.75) is 0 Å². The number of anilines is 3. The number of rotatable bonds is 3. The lowest BCUT2D eigenvalue weighted by atomic mass is 10.3. The summed E-state index contributed by atoms with van der Waals surface area (Å²) in [6.45, 7) is 3.12. The van der Waals surface area contributed by atoms with E-state index in [9.17, 15) is 0 Å². The topological polar surface area (TPSA) is 50.3 Å². The number of ether oxygens (including phenoxy) is 1. The van der Waals surface area contributed by atoms with E-state index in [0.29, 0.717) is 0 Å². The van der Waals surface area contributed by atoms with Crippen molar-refractivity contribution < 1.29 is 4.74 Å². The van der Waals surface area contributed by atoms with E-state index in [-0.39, 0.29) is 0 Å². The normalized spacial score (nSPS) is 15.2. The van der Waals surface area contributed by atoms with Gasteiger partial charge in [0.25, 0.3) is 0 Å². The Labute approximate surface area is 132 Å². The molecule has 1 aromatic carbocycles. The van der Waals surface area contributed by atoms with E-state index in [1.165, 1.54) is 0 Å². The van der Waals surface area contributed by atoms with Gasteiger partial charge in [0.1, 0.15) is 0 Å². The molecule has 0 unspecified atom stereocenters. The molecule has 1 fully saturated rings. The van der Waals surface area contributed by atoms with E-state index < -0.39 is 0 Å². The van der Waals surface area contributed by atoms with Crippen LogP contribution in [-0.2, 0) is 4.74 Å². The first kappa shape index (κ1) is 13.5. The van der Waals surface area contributed by atoms with Gasteiger partial charge in [-0.2, -0.15) is 4.98 Å². The lowest BCUT2D eigenvalue weighted by Gasteiger charge is -2.27. The van der Waals surface area contributed by atoms with Gasteiger partial charge in [0.2, 0.25) is 5.95 Å². The lowest BCUT2D eigenvalue weighted by Crippen LogP contribution is -2.37. The molecule has 0 spiro atoms. The van der Waals surface area contributed by atoms with Crippen LogP contribution in [0.3, 0.4) is 0 Å². The average molecular weight is 312 g/mol. The Morgan fingerprint density at radius 2 is 1.86 bits per heavy atom. The van der Waals surface area contributed by atoms with Gasteiger partial charge < -0.3 is 15.0 Å². The molecule has 22 heavy (non-hydrogen) atoms. The lowest BCUT2D eigenvalue weighted by molar-refractivity contribution is 0.122. The molecule has 1 aliphatic rings. The molecule has 3 aromatic rings. The largest absolute Gasteiger partial charge is 0.378 e. The smallest absolute Gasteiger partial charge is 0.228 e. The maximum atomic E-state index is 5.41. The van der Waals surface area contributed by atoms with E-state index in [0.717, 1.165) is 54.0 Å². The molecule has 0 amide bonds. The van der Waals surface area contributed by atoms with Crippen LogP contribution in [0.2, 0.25) is 0 Å². The Bertz CT molecular complexity index is 768. The molecule has 6 heteroatoms. The van der Waals surface area contributed by atoms with Gasteiger partial charge in [0.05, 0.1) is 23.4 Å². The van der Waals surface area contributed by atoms with Crippen LogP contribution in [0.1, 0.15) is 0 Å². The van der Waals surface area contributed by atoms with Crippen molar-refractivity contribution in [2.75, 3.05) is 36.5 Å². The number of nitrogens with zero attached hydrogens (tertiary/aromatic N) is 3. The third-order valence-electron chi connectivity index (χ3n) is 3.62. The van der Waals surface area contributed by atoms with Gasteiger partial charge in [-0.1, -0.05) is 18.2 Å². The van der Waals surface area contributed by atoms with Crippen molar-refractivity contribution in [3.63, 3.8) is 0 Å². The number of fused-ring (bicyclic) bond motifs is 1. The summed E-state index contributed by atoms with van der Waals surface area (Å²) < 4.78 is 6.49.